The first-order chi connectivity index (χ1) is 8.95. The van der Waals surface area contributed by atoms with Gasteiger partial charge in [0.15, 0.2) is 11.5 Å². The number of carbonyl (C=O) groups excluding carboxylic acids is 1. The number of rotatable bonds is 7. The minimum absolute atomic E-state index is 0.125. The van der Waals surface area contributed by atoms with E-state index in [-0.39, 0.29) is 24.2 Å². The van der Waals surface area contributed by atoms with Crippen LogP contribution in [0.1, 0.15) is 26.3 Å². The molecule has 0 saturated carbocycles. The maximum Gasteiger partial charge on any atom is 0.231 e. The predicted molar refractivity (Wildman–Crippen MR) is 74.0 cm³/mol. The highest BCUT2D eigenvalue weighted by molar-refractivity contribution is 5.76. The first-order valence-corrected chi connectivity index (χ1v) is 6.41. The van der Waals surface area contributed by atoms with Crippen molar-refractivity contribution < 1.29 is 14.6 Å². The fourth-order valence-corrected chi connectivity index (χ4v) is 1.81. The van der Waals surface area contributed by atoms with E-state index in [2.05, 4.69) is 0 Å². The first kappa shape index (κ1) is 15.3. The molecule has 0 radical (unpaired) electrons. The molecule has 1 rings (SSSR count). The fraction of sp³-hybridized carbons (Fsp3) is 0.500. The van der Waals surface area contributed by atoms with Gasteiger partial charge in [0, 0.05) is 18.2 Å². The summed E-state index contributed by atoms with van der Waals surface area (Å²) in [6, 6.07) is 5.51. The highest BCUT2D eigenvalue weighted by atomic mass is 16.5. The Kier molecular flexibility index (Phi) is 5.63. The van der Waals surface area contributed by atoms with Crippen LogP contribution in [0.2, 0.25) is 0 Å². The number of nitrogens with two attached hydrogens (primary N) is 1. The van der Waals surface area contributed by atoms with E-state index in [4.69, 9.17) is 10.5 Å². The quantitative estimate of drug-likeness (QED) is 0.784. The Morgan fingerprint density at radius 3 is 2.68 bits per heavy atom. The molecule has 0 fully saturated rings. The topological polar surface area (TPSA) is 75.8 Å². The molecule has 0 heterocycles. The third-order valence-corrected chi connectivity index (χ3v) is 2.85. The van der Waals surface area contributed by atoms with Gasteiger partial charge in [0.1, 0.15) is 0 Å². The maximum atomic E-state index is 11.1. The summed E-state index contributed by atoms with van der Waals surface area (Å²) in [5.41, 5.74) is 5.96. The SMILES string of the molecule is CCOc1cccc(CN(CC(N)=O)C(C)C)c1O. The molecule has 106 valence electrons. The molecule has 19 heavy (non-hydrogen) atoms. The lowest BCUT2D eigenvalue weighted by Gasteiger charge is -2.25. The Labute approximate surface area is 114 Å². The number of ether oxygens (including phenoxy) is 1. The fourth-order valence-electron chi connectivity index (χ4n) is 1.81. The Hall–Kier alpha value is -1.75. The summed E-state index contributed by atoms with van der Waals surface area (Å²) in [4.78, 5) is 12.9. The summed E-state index contributed by atoms with van der Waals surface area (Å²) in [6.07, 6.45) is 0. The summed E-state index contributed by atoms with van der Waals surface area (Å²) < 4.78 is 5.34. The third-order valence-electron chi connectivity index (χ3n) is 2.85. The zero-order chi connectivity index (χ0) is 14.4. The monoisotopic (exact) mass is 266 g/mol. The van der Waals surface area contributed by atoms with Gasteiger partial charge >= 0.3 is 0 Å². The molecule has 3 N–H and O–H groups in total. The number of hydrogen-bond acceptors (Lipinski definition) is 4. The van der Waals surface area contributed by atoms with E-state index in [1.165, 1.54) is 0 Å². The summed E-state index contributed by atoms with van der Waals surface area (Å²) >= 11 is 0. The van der Waals surface area contributed by atoms with E-state index >= 15 is 0 Å². The van der Waals surface area contributed by atoms with Gasteiger partial charge in [-0.2, -0.15) is 0 Å². The molecular formula is C14H22N2O3. The normalized spacial score (nSPS) is 11.0. The number of carbonyl (C=O) groups is 1. The zero-order valence-corrected chi connectivity index (χ0v) is 11.7. The van der Waals surface area contributed by atoms with Crippen molar-refractivity contribution >= 4 is 5.91 Å². The van der Waals surface area contributed by atoms with Gasteiger partial charge in [0.05, 0.1) is 13.2 Å². The van der Waals surface area contributed by atoms with Crippen LogP contribution in [0, 0.1) is 0 Å². The van der Waals surface area contributed by atoms with Gasteiger partial charge in [-0.25, -0.2) is 0 Å². The van der Waals surface area contributed by atoms with Crippen LogP contribution in [0.15, 0.2) is 18.2 Å². The van der Waals surface area contributed by atoms with Crippen molar-refractivity contribution in [2.24, 2.45) is 5.73 Å². The van der Waals surface area contributed by atoms with Gasteiger partial charge in [-0.3, -0.25) is 9.69 Å². The Balaban J connectivity index is 2.90. The molecule has 0 aliphatic heterocycles. The van der Waals surface area contributed by atoms with Crippen LogP contribution in [0.25, 0.3) is 0 Å². The van der Waals surface area contributed by atoms with Crippen molar-refractivity contribution in [1.82, 2.24) is 4.90 Å². The van der Waals surface area contributed by atoms with E-state index < -0.39 is 0 Å². The number of benzene rings is 1. The van der Waals surface area contributed by atoms with Crippen molar-refractivity contribution in [1.29, 1.82) is 0 Å². The van der Waals surface area contributed by atoms with E-state index in [1.54, 1.807) is 6.07 Å². The van der Waals surface area contributed by atoms with Crippen molar-refractivity contribution in [3.05, 3.63) is 23.8 Å². The van der Waals surface area contributed by atoms with Crippen molar-refractivity contribution in [3.63, 3.8) is 0 Å². The molecule has 0 aliphatic rings. The molecule has 1 aromatic rings. The number of amides is 1. The molecule has 0 aliphatic carbocycles. The number of hydrogen-bond donors (Lipinski definition) is 2. The second-order valence-electron chi connectivity index (χ2n) is 4.66. The molecule has 5 heteroatoms. The van der Waals surface area contributed by atoms with Crippen molar-refractivity contribution in [2.75, 3.05) is 13.2 Å². The van der Waals surface area contributed by atoms with E-state index in [0.717, 1.165) is 5.56 Å². The maximum absolute atomic E-state index is 11.1. The average Bonchev–Trinajstić information content (AvgIpc) is 2.32. The molecule has 0 unspecified atom stereocenters. The highest BCUT2D eigenvalue weighted by Gasteiger charge is 2.16. The lowest BCUT2D eigenvalue weighted by molar-refractivity contribution is -0.119. The lowest BCUT2D eigenvalue weighted by Crippen LogP contribution is -2.37. The first-order valence-electron chi connectivity index (χ1n) is 6.41. The summed E-state index contributed by atoms with van der Waals surface area (Å²) in [5.74, 6) is 0.205. The summed E-state index contributed by atoms with van der Waals surface area (Å²) in [5, 5.41) is 10.1. The Morgan fingerprint density at radius 1 is 1.47 bits per heavy atom. The zero-order valence-electron chi connectivity index (χ0n) is 11.7. The Morgan fingerprint density at radius 2 is 2.16 bits per heavy atom. The van der Waals surface area contributed by atoms with Gasteiger partial charge in [0.2, 0.25) is 5.91 Å². The van der Waals surface area contributed by atoms with Gasteiger partial charge in [-0.05, 0) is 26.8 Å². The summed E-state index contributed by atoms with van der Waals surface area (Å²) in [7, 11) is 0. The number of phenolic OH excluding ortho intramolecular Hbond substituents is 1. The van der Waals surface area contributed by atoms with Crippen molar-refractivity contribution in [2.45, 2.75) is 33.4 Å². The number of nitrogens with zero attached hydrogens (tertiary/aromatic N) is 1. The molecule has 0 spiro atoms. The number of primary amides is 1. The van der Waals surface area contributed by atoms with Crippen LogP contribution in [0.3, 0.4) is 0 Å². The van der Waals surface area contributed by atoms with E-state index in [1.807, 2.05) is 37.8 Å². The molecule has 1 aromatic carbocycles. The molecule has 0 aromatic heterocycles. The summed E-state index contributed by atoms with van der Waals surface area (Å²) in [6.45, 7) is 6.92. The Bertz CT molecular complexity index is 433. The smallest absolute Gasteiger partial charge is 0.231 e. The van der Waals surface area contributed by atoms with Crippen LogP contribution in [-0.2, 0) is 11.3 Å². The van der Waals surface area contributed by atoms with E-state index in [9.17, 15) is 9.90 Å². The van der Waals surface area contributed by atoms with Crippen LogP contribution >= 0.6 is 0 Å². The predicted octanol–water partition coefficient (Wildman–Crippen LogP) is 1.49. The molecular weight excluding hydrogens is 244 g/mol. The van der Waals surface area contributed by atoms with Gasteiger partial charge in [-0.15, -0.1) is 0 Å². The van der Waals surface area contributed by atoms with E-state index in [0.29, 0.717) is 18.9 Å². The molecule has 5 nitrogen and oxygen atoms in total. The number of phenols is 1. The van der Waals surface area contributed by atoms with Crippen LogP contribution in [0.5, 0.6) is 11.5 Å². The van der Waals surface area contributed by atoms with Crippen LogP contribution in [0.4, 0.5) is 0 Å². The van der Waals surface area contributed by atoms with Gasteiger partial charge < -0.3 is 15.6 Å². The van der Waals surface area contributed by atoms with Crippen LogP contribution in [-0.4, -0.2) is 35.1 Å². The standard InChI is InChI=1S/C14H22N2O3/c1-4-19-12-7-5-6-11(14(12)18)8-16(10(2)3)9-13(15)17/h5-7,10,18H,4,8-9H2,1-3H3,(H2,15,17). The second-order valence-corrected chi connectivity index (χ2v) is 4.66. The number of aromatic hydroxyl groups is 1. The van der Waals surface area contributed by atoms with Crippen LogP contribution < -0.4 is 10.5 Å². The van der Waals surface area contributed by atoms with Gasteiger partial charge in [0.25, 0.3) is 0 Å². The largest absolute Gasteiger partial charge is 0.504 e. The van der Waals surface area contributed by atoms with Gasteiger partial charge in [-0.1, -0.05) is 12.1 Å². The average molecular weight is 266 g/mol. The second kappa shape index (κ2) is 6.99. The molecule has 0 bridgehead atoms. The molecule has 1 amide bonds. The molecule has 0 atom stereocenters. The highest BCUT2D eigenvalue weighted by Crippen LogP contribution is 2.30. The third kappa shape index (κ3) is 4.44. The number of para-hydroxylation sites is 1. The minimum atomic E-state index is -0.380. The van der Waals surface area contributed by atoms with Crippen molar-refractivity contribution in [3.8, 4) is 11.5 Å². The molecule has 0 saturated heterocycles. The minimum Gasteiger partial charge on any atom is -0.504 e. The lowest BCUT2D eigenvalue weighted by atomic mass is 10.1.